The summed E-state index contributed by atoms with van der Waals surface area (Å²) >= 11 is 0. The molecule has 3 aromatic rings. The smallest absolute Gasteiger partial charge is 0.387 e. The van der Waals surface area contributed by atoms with Gasteiger partial charge in [0.25, 0.3) is 0 Å². The molecular weight excluding hydrogens is 380 g/mol. The minimum Gasteiger partial charge on any atom is -0.493 e. The van der Waals surface area contributed by atoms with Crippen molar-refractivity contribution in [2.75, 3.05) is 7.11 Å². The van der Waals surface area contributed by atoms with Gasteiger partial charge in [0.15, 0.2) is 11.5 Å². The van der Waals surface area contributed by atoms with Crippen LogP contribution in [0.15, 0.2) is 77.4 Å². The van der Waals surface area contributed by atoms with Crippen molar-refractivity contribution >= 4 is 12.0 Å². The van der Waals surface area contributed by atoms with E-state index >= 15 is 0 Å². The first-order valence-electron chi connectivity index (χ1n) is 8.76. The first-order chi connectivity index (χ1) is 14.1. The lowest BCUT2D eigenvalue weighted by molar-refractivity contribution is -0.117. The number of amides is 1. The van der Waals surface area contributed by atoms with E-state index in [0.29, 0.717) is 11.3 Å². The van der Waals surface area contributed by atoms with Crippen LogP contribution in [0.25, 0.3) is 6.08 Å². The molecule has 1 atom stereocenters. The molecule has 1 aromatic heterocycles. The fourth-order valence-corrected chi connectivity index (χ4v) is 2.76. The van der Waals surface area contributed by atoms with E-state index in [-0.39, 0.29) is 17.4 Å². The van der Waals surface area contributed by atoms with E-state index in [1.54, 1.807) is 30.5 Å². The highest BCUT2D eigenvalue weighted by Gasteiger charge is 2.18. The molecule has 5 nitrogen and oxygen atoms in total. The summed E-state index contributed by atoms with van der Waals surface area (Å²) in [4.78, 5) is 12.5. The molecular formula is C22H19F2NO4. The van der Waals surface area contributed by atoms with Crippen LogP contribution in [0.3, 0.4) is 0 Å². The molecule has 0 aliphatic heterocycles. The lowest BCUT2D eigenvalue weighted by atomic mass is 10.0. The normalized spacial score (nSPS) is 12.1. The van der Waals surface area contributed by atoms with E-state index in [0.717, 1.165) is 5.56 Å². The zero-order chi connectivity index (χ0) is 20.6. The highest BCUT2D eigenvalue weighted by Crippen LogP contribution is 2.30. The van der Waals surface area contributed by atoms with Crippen molar-refractivity contribution in [3.8, 4) is 11.5 Å². The van der Waals surface area contributed by atoms with Crippen molar-refractivity contribution in [1.29, 1.82) is 0 Å². The van der Waals surface area contributed by atoms with Gasteiger partial charge in [-0.05, 0) is 41.5 Å². The summed E-state index contributed by atoms with van der Waals surface area (Å²) in [6, 6.07) is 16.9. The highest BCUT2D eigenvalue weighted by molar-refractivity contribution is 5.92. The van der Waals surface area contributed by atoms with Crippen LogP contribution in [0.1, 0.15) is 22.9 Å². The summed E-state index contributed by atoms with van der Waals surface area (Å²) in [7, 11) is 1.35. The maximum atomic E-state index is 12.5. The topological polar surface area (TPSA) is 60.7 Å². The molecule has 0 aliphatic rings. The third-order valence-electron chi connectivity index (χ3n) is 4.08. The Kier molecular flexibility index (Phi) is 6.63. The quantitative estimate of drug-likeness (QED) is 0.553. The Morgan fingerprint density at radius 2 is 1.86 bits per heavy atom. The standard InChI is InChI=1S/C22H19F2NO4/c1-27-19-14-15(9-11-17(19)29-22(23)24)10-12-20(26)25-21(18-8-5-13-28-18)16-6-3-2-4-7-16/h2-14,21-22H,1H3,(H,25,26)/b12-10+/t21-/m0/s1. The molecule has 150 valence electrons. The van der Waals surface area contributed by atoms with Crippen LogP contribution in [0.4, 0.5) is 8.78 Å². The zero-order valence-corrected chi connectivity index (χ0v) is 15.5. The Morgan fingerprint density at radius 1 is 1.07 bits per heavy atom. The van der Waals surface area contributed by atoms with Gasteiger partial charge in [0.05, 0.1) is 13.4 Å². The number of benzene rings is 2. The summed E-state index contributed by atoms with van der Waals surface area (Å²) in [6.45, 7) is -2.95. The second-order valence-corrected chi connectivity index (χ2v) is 5.99. The number of hydrogen-bond acceptors (Lipinski definition) is 4. The third-order valence-corrected chi connectivity index (χ3v) is 4.08. The number of ether oxygens (including phenoxy) is 2. The number of furan rings is 1. The predicted molar refractivity (Wildman–Crippen MR) is 104 cm³/mol. The minimum atomic E-state index is -2.95. The molecule has 1 amide bonds. The van der Waals surface area contributed by atoms with E-state index in [2.05, 4.69) is 10.1 Å². The fraction of sp³-hybridized carbons (Fsp3) is 0.136. The molecule has 0 saturated carbocycles. The second-order valence-electron chi connectivity index (χ2n) is 5.99. The summed E-state index contributed by atoms with van der Waals surface area (Å²) in [5.41, 5.74) is 1.47. The number of rotatable bonds is 8. The van der Waals surface area contributed by atoms with Gasteiger partial charge >= 0.3 is 6.61 Å². The molecule has 2 aromatic carbocycles. The van der Waals surface area contributed by atoms with Crippen molar-refractivity contribution in [2.45, 2.75) is 12.7 Å². The van der Waals surface area contributed by atoms with Gasteiger partial charge in [-0.25, -0.2) is 0 Å². The van der Waals surface area contributed by atoms with Gasteiger partial charge in [-0.15, -0.1) is 0 Å². The first-order valence-corrected chi connectivity index (χ1v) is 8.76. The SMILES string of the molecule is COc1cc(/C=C/C(=O)N[C@@H](c2ccccc2)c2ccco2)ccc1OC(F)F. The van der Waals surface area contributed by atoms with Gasteiger partial charge in [0.2, 0.25) is 5.91 Å². The summed E-state index contributed by atoms with van der Waals surface area (Å²) < 4.78 is 39.7. The van der Waals surface area contributed by atoms with E-state index in [9.17, 15) is 13.6 Å². The van der Waals surface area contributed by atoms with Gasteiger partial charge < -0.3 is 19.2 Å². The van der Waals surface area contributed by atoms with Gasteiger partial charge in [-0.3, -0.25) is 4.79 Å². The molecule has 0 bridgehead atoms. The molecule has 0 saturated heterocycles. The number of halogens is 2. The molecule has 0 spiro atoms. The Balaban J connectivity index is 1.74. The van der Waals surface area contributed by atoms with Gasteiger partial charge in [0, 0.05) is 6.08 Å². The number of methoxy groups -OCH3 is 1. The Bertz CT molecular complexity index is 956. The molecule has 0 aliphatic carbocycles. The maximum absolute atomic E-state index is 12.5. The van der Waals surface area contributed by atoms with Crippen molar-refractivity contribution < 1.29 is 27.5 Å². The molecule has 1 N–H and O–H groups in total. The lowest BCUT2D eigenvalue weighted by Crippen LogP contribution is -2.27. The molecule has 29 heavy (non-hydrogen) atoms. The zero-order valence-electron chi connectivity index (χ0n) is 15.5. The van der Waals surface area contributed by atoms with Crippen LogP contribution in [-0.2, 0) is 4.79 Å². The van der Waals surface area contributed by atoms with Crippen LogP contribution in [0.5, 0.6) is 11.5 Å². The molecule has 7 heteroatoms. The highest BCUT2D eigenvalue weighted by atomic mass is 19.3. The molecule has 1 heterocycles. The Morgan fingerprint density at radius 3 is 2.52 bits per heavy atom. The average molecular weight is 399 g/mol. The van der Waals surface area contributed by atoms with Crippen molar-refractivity contribution in [3.63, 3.8) is 0 Å². The van der Waals surface area contributed by atoms with Crippen molar-refractivity contribution in [2.24, 2.45) is 0 Å². The lowest BCUT2D eigenvalue weighted by Gasteiger charge is -2.16. The minimum absolute atomic E-state index is 0.0777. The van der Waals surface area contributed by atoms with E-state index in [4.69, 9.17) is 9.15 Å². The van der Waals surface area contributed by atoms with Crippen LogP contribution >= 0.6 is 0 Å². The van der Waals surface area contributed by atoms with Crippen LogP contribution in [0, 0.1) is 0 Å². The van der Waals surface area contributed by atoms with Crippen LogP contribution in [0.2, 0.25) is 0 Å². The van der Waals surface area contributed by atoms with Crippen LogP contribution in [-0.4, -0.2) is 19.6 Å². The van der Waals surface area contributed by atoms with E-state index < -0.39 is 12.7 Å². The van der Waals surface area contributed by atoms with Gasteiger partial charge in [-0.1, -0.05) is 36.4 Å². The number of carbonyl (C=O) groups is 1. The fourth-order valence-electron chi connectivity index (χ4n) is 2.76. The van der Waals surface area contributed by atoms with E-state index in [1.807, 2.05) is 30.3 Å². The Hall–Kier alpha value is -3.61. The van der Waals surface area contributed by atoms with Crippen molar-refractivity contribution in [1.82, 2.24) is 5.32 Å². The van der Waals surface area contributed by atoms with Crippen LogP contribution < -0.4 is 14.8 Å². The molecule has 3 rings (SSSR count). The summed E-state index contributed by atoms with van der Waals surface area (Å²) in [5, 5.41) is 2.90. The number of nitrogens with one attached hydrogen (secondary N) is 1. The third kappa shape index (κ3) is 5.44. The molecule has 0 radical (unpaired) electrons. The maximum Gasteiger partial charge on any atom is 0.387 e. The molecule has 0 fully saturated rings. The average Bonchev–Trinajstić information content (AvgIpc) is 3.26. The van der Waals surface area contributed by atoms with Gasteiger partial charge in [-0.2, -0.15) is 8.78 Å². The van der Waals surface area contributed by atoms with E-state index in [1.165, 1.54) is 25.3 Å². The summed E-state index contributed by atoms with van der Waals surface area (Å²) in [5.74, 6) is 0.326. The second kappa shape index (κ2) is 9.54. The number of hydrogen-bond donors (Lipinski definition) is 1. The number of carbonyl (C=O) groups excluding carboxylic acids is 1. The van der Waals surface area contributed by atoms with Crippen molar-refractivity contribution in [3.05, 3.63) is 89.9 Å². The summed E-state index contributed by atoms with van der Waals surface area (Å²) in [6.07, 6.45) is 4.44. The first kappa shape index (κ1) is 20.1. The Labute approximate surface area is 166 Å². The predicted octanol–water partition coefficient (Wildman–Crippen LogP) is 4.81. The molecule has 0 unspecified atom stereocenters. The largest absolute Gasteiger partial charge is 0.493 e. The monoisotopic (exact) mass is 399 g/mol. The number of alkyl halides is 2. The van der Waals surface area contributed by atoms with Gasteiger partial charge in [0.1, 0.15) is 11.8 Å².